The maximum atomic E-state index is 5.17. The number of rotatable bonds is 8. The second-order valence-corrected chi connectivity index (χ2v) is 5.18. The van der Waals surface area contributed by atoms with Gasteiger partial charge in [0.15, 0.2) is 0 Å². The lowest BCUT2D eigenvalue weighted by molar-refractivity contribution is 0.132. The van der Waals surface area contributed by atoms with E-state index in [1.807, 2.05) is 0 Å². The maximum Gasteiger partial charge on any atom is 0.0589 e. The molecule has 0 aromatic carbocycles. The van der Waals surface area contributed by atoms with Crippen LogP contribution in [0.5, 0.6) is 0 Å². The molecule has 0 aromatic heterocycles. The van der Waals surface area contributed by atoms with Gasteiger partial charge < -0.3 is 10.1 Å². The Labute approximate surface area is 107 Å². The number of likely N-dealkylation sites (N-methyl/N-ethyl adjacent to an activating group) is 2. The minimum Gasteiger partial charge on any atom is -0.383 e. The fourth-order valence-electron chi connectivity index (χ4n) is 2.89. The third kappa shape index (κ3) is 5.36. The van der Waals surface area contributed by atoms with Crippen LogP contribution in [0.2, 0.25) is 0 Å². The Bertz CT molecular complexity index is 181. The maximum absolute atomic E-state index is 5.17. The summed E-state index contributed by atoms with van der Waals surface area (Å²) in [5.41, 5.74) is 0. The summed E-state index contributed by atoms with van der Waals surface area (Å²) in [4.78, 5) is 2.50. The van der Waals surface area contributed by atoms with Gasteiger partial charge in [-0.25, -0.2) is 0 Å². The van der Waals surface area contributed by atoms with Crippen LogP contribution in [-0.4, -0.2) is 51.3 Å². The molecule has 0 amide bonds. The van der Waals surface area contributed by atoms with Crippen molar-refractivity contribution in [1.29, 1.82) is 0 Å². The van der Waals surface area contributed by atoms with Crippen LogP contribution >= 0.6 is 0 Å². The van der Waals surface area contributed by atoms with Crippen molar-refractivity contribution in [2.24, 2.45) is 5.92 Å². The van der Waals surface area contributed by atoms with Crippen LogP contribution < -0.4 is 5.32 Å². The first kappa shape index (κ1) is 14.9. The van der Waals surface area contributed by atoms with E-state index >= 15 is 0 Å². The van der Waals surface area contributed by atoms with E-state index in [4.69, 9.17) is 4.74 Å². The Hall–Kier alpha value is -0.120. The van der Waals surface area contributed by atoms with Gasteiger partial charge in [0.05, 0.1) is 6.61 Å². The highest BCUT2D eigenvalue weighted by molar-refractivity contribution is 4.81. The molecule has 1 rings (SSSR count). The smallest absolute Gasteiger partial charge is 0.0589 e. The molecule has 1 aliphatic rings. The van der Waals surface area contributed by atoms with Crippen LogP contribution in [0.4, 0.5) is 0 Å². The predicted octanol–water partition coefficient (Wildman–Crippen LogP) is 2.12. The summed E-state index contributed by atoms with van der Waals surface area (Å²) in [6.07, 6.45) is 7.11. The molecule has 1 atom stereocenters. The summed E-state index contributed by atoms with van der Waals surface area (Å²) in [6.45, 7) is 6.42. The second-order valence-electron chi connectivity index (χ2n) is 5.18. The normalized spacial score (nSPS) is 19.8. The minimum absolute atomic E-state index is 0.659. The fourth-order valence-corrected chi connectivity index (χ4v) is 2.89. The molecule has 3 heteroatoms. The average molecular weight is 242 g/mol. The van der Waals surface area contributed by atoms with Crippen molar-refractivity contribution >= 4 is 0 Å². The van der Waals surface area contributed by atoms with Crippen molar-refractivity contribution in [3.63, 3.8) is 0 Å². The number of nitrogens with zero attached hydrogens (tertiary/aromatic N) is 1. The number of methoxy groups -OCH3 is 1. The molecule has 0 heterocycles. The monoisotopic (exact) mass is 242 g/mol. The zero-order valence-electron chi connectivity index (χ0n) is 11.9. The first-order valence-corrected chi connectivity index (χ1v) is 7.20. The third-order valence-electron chi connectivity index (χ3n) is 4.10. The molecule has 0 saturated heterocycles. The lowest BCUT2D eigenvalue weighted by Gasteiger charge is -2.34. The van der Waals surface area contributed by atoms with Gasteiger partial charge in [0, 0.05) is 26.2 Å². The highest BCUT2D eigenvalue weighted by atomic mass is 16.5. The van der Waals surface area contributed by atoms with Gasteiger partial charge in [0.1, 0.15) is 0 Å². The van der Waals surface area contributed by atoms with Crippen LogP contribution in [-0.2, 0) is 4.74 Å². The van der Waals surface area contributed by atoms with Gasteiger partial charge in [-0.2, -0.15) is 0 Å². The van der Waals surface area contributed by atoms with Crippen LogP contribution in [0.15, 0.2) is 0 Å². The average Bonchev–Trinajstić information content (AvgIpc) is 2.40. The fraction of sp³-hybridized carbons (Fsp3) is 1.00. The molecule has 0 bridgehead atoms. The number of hydrogen-bond acceptors (Lipinski definition) is 3. The zero-order valence-corrected chi connectivity index (χ0v) is 11.9. The largest absolute Gasteiger partial charge is 0.383 e. The summed E-state index contributed by atoms with van der Waals surface area (Å²) < 4.78 is 5.17. The molecule has 0 aromatic rings. The Morgan fingerprint density at radius 3 is 2.53 bits per heavy atom. The van der Waals surface area contributed by atoms with E-state index < -0.39 is 0 Å². The molecular formula is C14H30N2O. The van der Waals surface area contributed by atoms with Crippen molar-refractivity contribution in [1.82, 2.24) is 10.2 Å². The van der Waals surface area contributed by atoms with Gasteiger partial charge >= 0.3 is 0 Å². The van der Waals surface area contributed by atoms with Crippen LogP contribution in [0, 0.1) is 5.92 Å². The molecule has 3 nitrogen and oxygen atoms in total. The van der Waals surface area contributed by atoms with Crippen LogP contribution in [0.25, 0.3) is 0 Å². The first-order valence-electron chi connectivity index (χ1n) is 7.20. The van der Waals surface area contributed by atoms with Crippen molar-refractivity contribution in [2.75, 3.05) is 40.4 Å². The summed E-state index contributed by atoms with van der Waals surface area (Å²) >= 11 is 0. The molecule has 0 aliphatic heterocycles. The number of ether oxygens (including phenoxy) is 1. The summed E-state index contributed by atoms with van der Waals surface area (Å²) in [7, 11) is 3.90. The molecule has 0 spiro atoms. The van der Waals surface area contributed by atoms with Gasteiger partial charge in [0.25, 0.3) is 0 Å². The highest BCUT2D eigenvalue weighted by Gasteiger charge is 2.23. The quantitative estimate of drug-likeness (QED) is 0.705. The zero-order chi connectivity index (χ0) is 12.5. The van der Waals surface area contributed by atoms with E-state index in [-0.39, 0.29) is 0 Å². The predicted molar refractivity (Wildman–Crippen MR) is 73.4 cm³/mol. The SMILES string of the molecule is CCN(CCOC)CC(NC)C1CCCCC1. The van der Waals surface area contributed by atoms with Gasteiger partial charge in [-0.3, -0.25) is 4.90 Å². The standard InChI is InChI=1S/C14H30N2O/c1-4-16(10-11-17-3)12-14(15-2)13-8-6-5-7-9-13/h13-15H,4-12H2,1-3H3. The molecule has 17 heavy (non-hydrogen) atoms. The van der Waals surface area contributed by atoms with E-state index in [2.05, 4.69) is 24.2 Å². The summed E-state index contributed by atoms with van der Waals surface area (Å²) in [6, 6.07) is 0.659. The molecule has 102 valence electrons. The van der Waals surface area contributed by atoms with Gasteiger partial charge in [-0.15, -0.1) is 0 Å². The van der Waals surface area contributed by atoms with Crippen LogP contribution in [0.3, 0.4) is 0 Å². The lowest BCUT2D eigenvalue weighted by atomic mass is 9.83. The topological polar surface area (TPSA) is 24.5 Å². The molecule has 1 unspecified atom stereocenters. The Morgan fingerprint density at radius 1 is 1.29 bits per heavy atom. The second kappa shape index (κ2) is 8.90. The van der Waals surface area contributed by atoms with Crippen LogP contribution in [0.1, 0.15) is 39.0 Å². The Kier molecular flexibility index (Phi) is 7.82. The van der Waals surface area contributed by atoms with E-state index in [0.717, 1.165) is 25.6 Å². The number of nitrogens with one attached hydrogen (secondary N) is 1. The van der Waals surface area contributed by atoms with E-state index in [9.17, 15) is 0 Å². The van der Waals surface area contributed by atoms with Gasteiger partial charge in [-0.05, 0) is 32.4 Å². The third-order valence-corrected chi connectivity index (χ3v) is 4.10. The lowest BCUT2D eigenvalue weighted by Crippen LogP contribution is -2.45. The van der Waals surface area contributed by atoms with Crippen molar-refractivity contribution in [2.45, 2.75) is 45.1 Å². The van der Waals surface area contributed by atoms with E-state index in [1.165, 1.54) is 38.6 Å². The minimum atomic E-state index is 0.659. The Morgan fingerprint density at radius 2 is 2.00 bits per heavy atom. The molecule has 1 aliphatic carbocycles. The highest BCUT2D eigenvalue weighted by Crippen LogP contribution is 2.26. The molecule has 1 N–H and O–H groups in total. The van der Waals surface area contributed by atoms with Crippen molar-refractivity contribution in [3.05, 3.63) is 0 Å². The van der Waals surface area contributed by atoms with Crippen molar-refractivity contribution < 1.29 is 4.74 Å². The van der Waals surface area contributed by atoms with E-state index in [1.54, 1.807) is 7.11 Å². The van der Waals surface area contributed by atoms with Gasteiger partial charge in [0.2, 0.25) is 0 Å². The summed E-state index contributed by atoms with van der Waals surface area (Å²) in [5.74, 6) is 0.880. The molecule has 1 saturated carbocycles. The Balaban J connectivity index is 2.36. The number of hydrogen-bond donors (Lipinski definition) is 1. The molecular weight excluding hydrogens is 212 g/mol. The first-order chi connectivity index (χ1) is 8.31. The van der Waals surface area contributed by atoms with Crippen molar-refractivity contribution in [3.8, 4) is 0 Å². The van der Waals surface area contributed by atoms with Gasteiger partial charge in [-0.1, -0.05) is 26.2 Å². The van der Waals surface area contributed by atoms with E-state index in [0.29, 0.717) is 6.04 Å². The summed E-state index contributed by atoms with van der Waals surface area (Å²) in [5, 5.41) is 3.53. The molecule has 0 radical (unpaired) electrons. The molecule has 1 fully saturated rings.